The molecule has 0 aliphatic carbocycles. The zero-order valence-corrected chi connectivity index (χ0v) is 16.4. The summed E-state index contributed by atoms with van der Waals surface area (Å²) in [6.45, 7) is 5.66. The number of rotatable bonds is 8. The van der Waals surface area contributed by atoms with E-state index in [1.54, 1.807) is 33.2 Å². The molecule has 0 bridgehead atoms. The van der Waals surface area contributed by atoms with Gasteiger partial charge in [-0.15, -0.1) is 0 Å². The van der Waals surface area contributed by atoms with Crippen molar-refractivity contribution in [2.45, 2.75) is 13.0 Å². The van der Waals surface area contributed by atoms with Gasteiger partial charge in [-0.25, -0.2) is 4.79 Å². The molecule has 7 nitrogen and oxygen atoms in total. The van der Waals surface area contributed by atoms with E-state index in [0.717, 1.165) is 56.3 Å². The molecular weight excluding hydrogens is 334 g/mol. The second-order valence-electron chi connectivity index (χ2n) is 6.58. The van der Waals surface area contributed by atoms with Crippen LogP contribution in [-0.2, 0) is 11.3 Å². The number of ether oxygens (including phenoxy) is 3. The molecule has 1 aliphatic heterocycles. The first-order valence-corrected chi connectivity index (χ1v) is 9.02. The first-order chi connectivity index (χ1) is 12.5. The van der Waals surface area contributed by atoms with Crippen LogP contribution in [0, 0.1) is 0 Å². The van der Waals surface area contributed by atoms with Gasteiger partial charge in [0.2, 0.25) is 0 Å². The van der Waals surface area contributed by atoms with Crippen LogP contribution >= 0.6 is 0 Å². The molecule has 1 aromatic carbocycles. The zero-order valence-electron chi connectivity index (χ0n) is 16.4. The van der Waals surface area contributed by atoms with Crippen LogP contribution < -0.4 is 9.47 Å². The number of carbonyl (C=O) groups is 1. The fourth-order valence-electron chi connectivity index (χ4n) is 3.05. The summed E-state index contributed by atoms with van der Waals surface area (Å²) >= 11 is 0. The maximum absolute atomic E-state index is 12.6. The summed E-state index contributed by atoms with van der Waals surface area (Å²) in [7, 11) is 6.83. The van der Waals surface area contributed by atoms with Gasteiger partial charge < -0.3 is 24.0 Å². The molecule has 0 atom stereocenters. The van der Waals surface area contributed by atoms with E-state index in [0.29, 0.717) is 13.1 Å². The van der Waals surface area contributed by atoms with Crippen LogP contribution in [-0.4, -0.2) is 88.4 Å². The van der Waals surface area contributed by atoms with E-state index >= 15 is 0 Å². The minimum Gasteiger partial charge on any atom is -0.497 e. The molecule has 2 rings (SSSR count). The Balaban J connectivity index is 2.03. The average molecular weight is 365 g/mol. The molecular formula is C19H31N3O4. The second kappa shape index (κ2) is 10.2. The number of urea groups is 1. The number of benzene rings is 1. The number of carbonyl (C=O) groups excluding carboxylic acids is 1. The third-order valence-electron chi connectivity index (χ3n) is 4.51. The molecule has 1 aromatic rings. The van der Waals surface area contributed by atoms with Crippen molar-refractivity contribution in [2.24, 2.45) is 0 Å². The third-order valence-corrected chi connectivity index (χ3v) is 4.51. The SMILES string of the molecule is COc1ccc(OC)c(CN(CCCN2CCOCC2)C(=O)N(C)C)c1. The predicted octanol–water partition coefficient (Wildman–Crippen LogP) is 1.91. The Bertz CT molecular complexity index is 574. The molecule has 1 heterocycles. The zero-order chi connectivity index (χ0) is 18.9. The number of methoxy groups -OCH3 is 2. The van der Waals surface area contributed by atoms with Crippen LogP contribution in [0.4, 0.5) is 4.79 Å². The van der Waals surface area contributed by atoms with E-state index in [1.165, 1.54) is 0 Å². The molecule has 0 aromatic heterocycles. The lowest BCUT2D eigenvalue weighted by atomic mass is 10.1. The van der Waals surface area contributed by atoms with Crippen LogP contribution in [0.15, 0.2) is 18.2 Å². The van der Waals surface area contributed by atoms with Crippen molar-refractivity contribution in [1.82, 2.24) is 14.7 Å². The van der Waals surface area contributed by atoms with Gasteiger partial charge in [-0.05, 0) is 24.6 Å². The monoisotopic (exact) mass is 365 g/mol. The lowest BCUT2D eigenvalue weighted by molar-refractivity contribution is 0.0362. The molecule has 26 heavy (non-hydrogen) atoms. The lowest BCUT2D eigenvalue weighted by Crippen LogP contribution is -2.41. The van der Waals surface area contributed by atoms with Crippen LogP contribution in [0.5, 0.6) is 11.5 Å². The van der Waals surface area contributed by atoms with E-state index in [4.69, 9.17) is 14.2 Å². The highest BCUT2D eigenvalue weighted by Gasteiger charge is 2.19. The average Bonchev–Trinajstić information content (AvgIpc) is 2.67. The van der Waals surface area contributed by atoms with Gasteiger partial charge in [-0.3, -0.25) is 4.90 Å². The minimum absolute atomic E-state index is 0.00292. The largest absolute Gasteiger partial charge is 0.497 e. The highest BCUT2D eigenvalue weighted by Crippen LogP contribution is 2.25. The van der Waals surface area contributed by atoms with Crippen LogP contribution in [0.3, 0.4) is 0 Å². The molecule has 0 unspecified atom stereocenters. The summed E-state index contributed by atoms with van der Waals surface area (Å²) in [6.07, 6.45) is 0.922. The van der Waals surface area contributed by atoms with Crippen molar-refractivity contribution in [3.8, 4) is 11.5 Å². The highest BCUT2D eigenvalue weighted by molar-refractivity contribution is 5.74. The number of hydrogen-bond donors (Lipinski definition) is 0. The van der Waals surface area contributed by atoms with E-state index in [9.17, 15) is 4.79 Å². The van der Waals surface area contributed by atoms with Crippen molar-refractivity contribution < 1.29 is 19.0 Å². The number of morpholine rings is 1. The van der Waals surface area contributed by atoms with Crippen LogP contribution in [0.25, 0.3) is 0 Å². The molecule has 7 heteroatoms. The van der Waals surface area contributed by atoms with Crippen molar-refractivity contribution in [2.75, 3.05) is 67.7 Å². The summed E-state index contributed by atoms with van der Waals surface area (Å²) in [4.78, 5) is 18.5. The Labute approximate surface area is 156 Å². The lowest BCUT2D eigenvalue weighted by Gasteiger charge is -2.30. The van der Waals surface area contributed by atoms with Crippen molar-refractivity contribution in [1.29, 1.82) is 0 Å². The van der Waals surface area contributed by atoms with E-state index in [-0.39, 0.29) is 6.03 Å². The van der Waals surface area contributed by atoms with Gasteiger partial charge in [0.15, 0.2) is 0 Å². The van der Waals surface area contributed by atoms with Gasteiger partial charge in [-0.2, -0.15) is 0 Å². The summed E-state index contributed by atoms with van der Waals surface area (Å²) < 4.78 is 16.2. The Morgan fingerprint density at radius 2 is 1.92 bits per heavy atom. The number of hydrogen-bond acceptors (Lipinski definition) is 5. The Kier molecular flexibility index (Phi) is 8.00. The summed E-state index contributed by atoms with van der Waals surface area (Å²) in [6, 6.07) is 5.66. The number of nitrogens with zero attached hydrogens (tertiary/aromatic N) is 3. The summed E-state index contributed by atoms with van der Waals surface area (Å²) in [5.41, 5.74) is 0.938. The topological polar surface area (TPSA) is 54.5 Å². The Morgan fingerprint density at radius 1 is 1.19 bits per heavy atom. The van der Waals surface area contributed by atoms with E-state index in [2.05, 4.69) is 4.90 Å². The maximum atomic E-state index is 12.6. The normalized spacial score (nSPS) is 14.8. The molecule has 2 amide bonds. The fraction of sp³-hybridized carbons (Fsp3) is 0.632. The first-order valence-electron chi connectivity index (χ1n) is 9.02. The van der Waals surface area contributed by atoms with Crippen molar-refractivity contribution >= 4 is 6.03 Å². The molecule has 1 saturated heterocycles. The summed E-state index contributed by atoms with van der Waals surface area (Å²) in [5.74, 6) is 1.52. The van der Waals surface area contributed by atoms with Gasteiger partial charge in [-0.1, -0.05) is 0 Å². The molecule has 1 aliphatic rings. The standard InChI is InChI=1S/C19H31N3O4/c1-20(2)19(23)22(9-5-8-21-10-12-26-13-11-21)15-16-14-17(24-3)6-7-18(16)25-4/h6-7,14H,5,8-13,15H2,1-4H3. The predicted molar refractivity (Wildman–Crippen MR) is 101 cm³/mol. The molecule has 0 N–H and O–H groups in total. The Hall–Kier alpha value is -1.99. The third kappa shape index (κ3) is 5.78. The number of amides is 2. The van der Waals surface area contributed by atoms with E-state index < -0.39 is 0 Å². The minimum atomic E-state index is -0.00292. The Morgan fingerprint density at radius 3 is 2.54 bits per heavy atom. The quantitative estimate of drug-likeness (QED) is 0.704. The van der Waals surface area contributed by atoms with Gasteiger partial charge >= 0.3 is 6.03 Å². The summed E-state index contributed by atoms with van der Waals surface area (Å²) in [5, 5.41) is 0. The van der Waals surface area contributed by atoms with Gasteiger partial charge in [0.1, 0.15) is 11.5 Å². The smallest absolute Gasteiger partial charge is 0.319 e. The molecule has 1 fully saturated rings. The maximum Gasteiger partial charge on any atom is 0.319 e. The molecule has 0 saturated carbocycles. The molecule has 146 valence electrons. The van der Waals surface area contributed by atoms with E-state index in [1.807, 2.05) is 23.1 Å². The fourth-order valence-corrected chi connectivity index (χ4v) is 3.05. The molecule has 0 spiro atoms. The van der Waals surface area contributed by atoms with Gasteiger partial charge in [0.05, 0.1) is 34.0 Å². The van der Waals surface area contributed by atoms with Crippen molar-refractivity contribution in [3.63, 3.8) is 0 Å². The van der Waals surface area contributed by atoms with Crippen LogP contribution in [0.1, 0.15) is 12.0 Å². The highest BCUT2D eigenvalue weighted by atomic mass is 16.5. The molecule has 0 radical (unpaired) electrons. The van der Waals surface area contributed by atoms with Crippen LogP contribution in [0.2, 0.25) is 0 Å². The van der Waals surface area contributed by atoms with Gasteiger partial charge in [0.25, 0.3) is 0 Å². The van der Waals surface area contributed by atoms with Gasteiger partial charge in [0, 0.05) is 45.8 Å². The van der Waals surface area contributed by atoms with Crippen molar-refractivity contribution in [3.05, 3.63) is 23.8 Å². The first kappa shape index (κ1) is 20.3. The second-order valence-corrected chi connectivity index (χ2v) is 6.58.